The van der Waals surface area contributed by atoms with Gasteiger partial charge in [0, 0.05) is 28.3 Å². The zero-order chi connectivity index (χ0) is 30.9. The molecule has 0 spiro atoms. The van der Waals surface area contributed by atoms with Crippen molar-refractivity contribution in [3.05, 3.63) is 146 Å². The average Bonchev–Trinajstić information content (AvgIpc) is 3.46. The van der Waals surface area contributed by atoms with E-state index in [-0.39, 0.29) is 0 Å². The van der Waals surface area contributed by atoms with Gasteiger partial charge in [0.1, 0.15) is 28.3 Å². The summed E-state index contributed by atoms with van der Waals surface area (Å²) in [5.74, 6) is 2.40. The Morgan fingerprint density at radius 3 is 1.64 bits per heavy atom. The molecular weight excluding hydrogens is 597 g/mol. The number of hydrogen-bond donors (Lipinski definition) is 0. The van der Waals surface area contributed by atoms with Gasteiger partial charge in [0.15, 0.2) is 7.14 Å². The van der Waals surface area contributed by atoms with Crippen molar-refractivity contribution in [2.45, 2.75) is 0 Å². The van der Waals surface area contributed by atoms with Gasteiger partial charge in [0.2, 0.25) is 0 Å². The Labute approximate surface area is 269 Å². The van der Waals surface area contributed by atoms with E-state index in [1.165, 1.54) is 16.2 Å². The largest absolute Gasteiger partial charge is 0.456 e. The molecule has 9 aromatic rings. The van der Waals surface area contributed by atoms with Crippen molar-refractivity contribution >= 4 is 77.2 Å². The third kappa shape index (κ3) is 3.16. The molecule has 2 aliphatic rings. The van der Waals surface area contributed by atoms with Crippen molar-refractivity contribution in [3.8, 4) is 28.7 Å². The molecule has 0 N–H and O–H groups in total. The van der Waals surface area contributed by atoms with E-state index in [0.717, 1.165) is 43.7 Å². The number of fused-ring (bicyclic) bond motifs is 14. The number of para-hydroxylation sites is 3. The standard InChI is InChI=1S/C42H24NO3P/c44-47-38-20-10-9-19-35(38)45-36-23-25(43-33-17-7-5-14-29(33)30-15-6-8-18-34(30)43)24-37(42(36)47)46-41-39(47)22-21-32-28-13-2-1-11-26(28)27-12-3-4-16-31(27)40(32)41/h1-24H. The molecule has 0 aliphatic carbocycles. The third-order valence-electron chi connectivity index (χ3n) is 9.99. The maximum Gasteiger partial charge on any atom is 0.185 e. The monoisotopic (exact) mass is 621 g/mol. The summed E-state index contributed by atoms with van der Waals surface area (Å²) in [7, 11) is -3.41. The highest BCUT2D eigenvalue weighted by atomic mass is 31.2. The summed E-state index contributed by atoms with van der Waals surface area (Å²) in [4.78, 5) is 0. The van der Waals surface area contributed by atoms with Gasteiger partial charge in [-0.25, -0.2) is 0 Å². The second-order valence-corrected chi connectivity index (χ2v) is 15.0. The van der Waals surface area contributed by atoms with Crippen LogP contribution in [-0.4, -0.2) is 4.57 Å². The average molecular weight is 622 g/mol. The zero-order valence-electron chi connectivity index (χ0n) is 25.0. The predicted octanol–water partition coefficient (Wildman–Crippen LogP) is 10.1. The number of hydrogen-bond acceptors (Lipinski definition) is 3. The fourth-order valence-electron chi connectivity index (χ4n) is 8.07. The van der Waals surface area contributed by atoms with Gasteiger partial charge < -0.3 is 18.6 Å². The van der Waals surface area contributed by atoms with Crippen LogP contribution in [0.5, 0.6) is 23.0 Å². The minimum Gasteiger partial charge on any atom is -0.456 e. The van der Waals surface area contributed by atoms with E-state index in [9.17, 15) is 0 Å². The molecule has 3 heterocycles. The minimum absolute atomic E-state index is 0.564. The third-order valence-corrected chi connectivity index (χ3v) is 13.1. The van der Waals surface area contributed by atoms with Gasteiger partial charge in [-0.1, -0.05) is 103 Å². The molecule has 47 heavy (non-hydrogen) atoms. The van der Waals surface area contributed by atoms with Gasteiger partial charge in [-0.15, -0.1) is 0 Å². The molecule has 0 amide bonds. The zero-order valence-corrected chi connectivity index (χ0v) is 25.9. The van der Waals surface area contributed by atoms with Crippen molar-refractivity contribution < 1.29 is 14.0 Å². The van der Waals surface area contributed by atoms with Gasteiger partial charge in [-0.05, 0) is 57.3 Å². The summed E-state index contributed by atoms with van der Waals surface area (Å²) >= 11 is 0. The molecule has 8 aromatic carbocycles. The minimum atomic E-state index is -3.41. The summed E-state index contributed by atoms with van der Waals surface area (Å²) in [6.07, 6.45) is 0. The van der Waals surface area contributed by atoms with Gasteiger partial charge in [-0.3, -0.25) is 0 Å². The molecule has 0 bridgehead atoms. The number of aromatic nitrogens is 1. The Morgan fingerprint density at radius 2 is 0.957 bits per heavy atom. The van der Waals surface area contributed by atoms with Crippen LogP contribution in [0.1, 0.15) is 0 Å². The molecule has 5 heteroatoms. The molecule has 0 fully saturated rings. The highest BCUT2D eigenvalue weighted by Crippen LogP contribution is 2.60. The van der Waals surface area contributed by atoms with E-state index in [1.54, 1.807) is 0 Å². The van der Waals surface area contributed by atoms with Crippen molar-refractivity contribution in [2.75, 3.05) is 0 Å². The van der Waals surface area contributed by atoms with Crippen molar-refractivity contribution in [1.82, 2.24) is 4.57 Å². The van der Waals surface area contributed by atoms with E-state index < -0.39 is 7.14 Å². The molecule has 220 valence electrons. The predicted molar refractivity (Wildman–Crippen MR) is 193 cm³/mol. The first kappa shape index (κ1) is 25.4. The van der Waals surface area contributed by atoms with E-state index >= 15 is 4.57 Å². The SMILES string of the molecule is O=P12c3ccccc3Oc3cc(-n4c5ccccc5c5ccccc54)cc(c31)Oc1c2ccc2c3ccccc3c3ccccc3c12. The van der Waals surface area contributed by atoms with Crippen LogP contribution in [0.15, 0.2) is 146 Å². The van der Waals surface area contributed by atoms with Gasteiger partial charge in [-0.2, -0.15) is 0 Å². The van der Waals surface area contributed by atoms with Crippen molar-refractivity contribution in [1.29, 1.82) is 0 Å². The summed E-state index contributed by atoms with van der Waals surface area (Å²) < 4.78 is 32.0. The second kappa shape index (κ2) is 8.91. The van der Waals surface area contributed by atoms with Crippen LogP contribution in [-0.2, 0) is 4.57 Å². The molecule has 0 saturated heterocycles. The molecular formula is C42H24NO3P. The molecule has 1 unspecified atom stereocenters. The highest BCUT2D eigenvalue weighted by molar-refractivity contribution is 7.86. The molecule has 11 rings (SSSR count). The van der Waals surface area contributed by atoms with E-state index in [1.807, 2.05) is 42.5 Å². The Morgan fingerprint density at radius 1 is 0.447 bits per heavy atom. The van der Waals surface area contributed by atoms with E-state index in [2.05, 4.69) is 108 Å². The molecule has 2 aliphatic heterocycles. The first-order chi connectivity index (χ1) is 23.2. The van der Waals surface area contributed by atoms with Crippen LogP contribution in [0.4, 0.5) is 0 Å². The maximum absolute atomic E-state index is 16.0. The summed E-state index contributed by atoms with van der Waals surface area (Å²) in [6.45, 7) is 0. The first-order valence-electron chi connectivity index (χ1n) is 15.8. The van der Waals surface area contributed by atoms with Crippen LogP contribution < -0.4 is 25.4 Å². The lowest BCUT2D eigenvalue weighted by Crippen LogP contribution is -2.35. The van der Waals surface area contributed by atoms with Crippen LogP contribution in [0, 0.1) is 0 Å². The lowest BCUT2D eigenvalue weighted by Gasteiger charge is -2.35. The first-order valence-corrected chi connectivity index (χ1v) is 17.5. The Hall–Kier alpha value is -5.83. The molecule has 4 nitrogen and oxygen atoms in total. The molecule has 1 atom stereocenters. The van der Waals surface area contributed by atoms with Gasteiger partial charge in [0.05, 0.1) is 27.3 Å². The second-order valence-electron chi connectivity index (χ2n) is 12.4. The van der Waals surface area contributed by atoms with E-state index in [4.69, 9.17) is 9.47 Å². The van der Waals surface area contributed by atoms with Crippen LogP contribution >= 0.6 is 7.14 Å². The highest BCUT2D eigenvalue weighted by Gasteiger charge is 2.47. The van der Waals surface area contributed by atoms with Gasteiger partial charge >= 0.3 is 0 Å². The van der Waals surface area contributed by atoms with E-state index in [0.29, 0.717) is 38.9 Å². The van der Waals surface area contributed by atoms with Gasteiger partial charge in [0.25, 0.3) is 0 Å². The lowest BCUT2D eigenvalue weighted by molar-refractivity contribution is 0.464. The fourth-order valence-corrected chi connectivity index (χ4v) is 11.1. The van der Waals surface area contributed by atoms with Crippen LogP contribution in [0.3, 0.4) is 0 Å². The van der Waals surface area contributed by atoms with Crippen molar-refractivity contribution in [3.63, 3.8) is 0 Å². The quantitative estimate of drug-likeness (QED) is 0.135. The topological polar surface area (TPSA) is 40.5 Å². The summed E-state index contributed by atoms with van der Waals surface area (Å²) in [5, 5.41) is 11.0. The number of nitrogens with zero attached hydrogens (tertiary/aromatic N) is 1. The normalized spacial score (nSPS) is 16.2. The Kier molecular flexibility index (Phi) is 4.81. The number of rotatable bonds is 1. The lowest BCUT2D eigenvalue weighted by atomic mass is 9.94. The Balaban J connectivity index is 1.29. The molecule has 0 saturated carbocycles. The van der Waals surface area contributed by atoms with Crippen molar-refractivity contribution in [2.24, 2.45) is 0 Å². The Bertz CT molecular complexity index is 2810. The summed E-state index contributed by atoms with van der Waals surface area (Å²) in [5.41, 5.74) is 3.06. The molecule has 0 radical (unpaired) electrons. The molecule has 1 aromatic heterocycles. The number of ether oxygens (including phenoxy) is 2. The smallest absolute Gasteiger partial charge is 0.185 e. The number of benzene rings is 8. The summed E-state index contributed by atoms with van der Waals surface area (Å²) in [6, 6.07) is 49.8. The maximum atomic E-state index is 16.0. The van der Waals surface area contributed by atoms with Crippen LogP contribution in [0.25, 0.3) is 59.8 Å². The fraction of sp³-hybridized carbons (Fsp3) is 0. The van der Waals surface area contributed by atoms with Crippen LogP contribution in [0.2, 0.25) is 0 Å².